The van der Waals surface area contributed by atoms with Gasteiger partial charge >= 0.3 is 0 Å². The van der Waals surface area contributed by atoms with Crippen LogP contribution in [0, 0.1) is 5.92 Å². The fourth-order valence-electron chi connectivity index (χ4n) is 3.19. The highest BCUT2D eigenvalue weighted by atomic mass is 35.5. The molecule has 0 radical (unpaired) electrons. The van der Waals surface area contributed by atoms with Gasteiger partial charge < -0.3 is 15.2 Å². The van der Waals surface area contributed by atoms with Crippen molar-refractivity contribution < 1.29 is 9.59 Å². The second kappa shape index (κ2) is 12.1. The Labute approximate surface area is 212 Å². The van der Waals surface area contributed by atoms with Crippen LogP contribution in [0.2, 0.25) is 10.0 Å². The minimum Gasteiger partial charge on any atom is -0.342 e. The molecule has 3 aromatic rings. The molecule has 0 bridgehead atoms. The number of nitrogens with one attached hydrogen (secondary N) is 2. The van der Waals surface area contributed by atoms with Gasteiger partial charge in [-0.2, -0.15) is 0 Å². The van der Waals surface area contributed by atoms with Crippen LogP contribution in [0.4, 0.5) is 5.69 Å². The van der Waals surface area contributed by atoms with Crippen molar-refractivity contribution in [2.75, 3.05) is 11.1 Å². The molecule has 0 aliphatic heterocycles. The van der Waals surface area contributed by atoms with Crippen LogP contribution in [-0.2, 0) is 11.3 Å². The Morgan fingerprint density at radius 1 is 1.12 bits per heavy atom. The van der Waals surface area contributed by atoms with E-state index >= 15 is 0 Å². The van der Waals surface area contributed by atoms with E-state index in [4.69, 9.17) is 23.2 Å². The molecule has 0 spiro atoms. The first-order chi connectivity index (χ1) is 16.3. The van der Waals surface area contributed by atoms with Crippen molar-refractivity contribution in [3.05, 3.63) is 82.6 Å². The first-order valence-electron chi connectivity index (χ1n) is 10.6. The number of amides is 2. The topological polar surface area (TPSA) is 88.9 Å². The van der Waals surface area contributed by atoms with Crippen LogP contribution in [-0.4, -0.2) is 32.3 Å². The molecule has 10 heteroatoms. The number of aromatic nitrogens is 3. The van der Waals surface area contributed by atoms with Crippen LogP contribution in [0.5, 0.6) is 0 Å². The molecule has 7 nitrogen and oxygen atoms in total. The van der Waals surface area contributed by atoms with Gasteiger partial charge in [0.15, 0.2) is 11.0 Å². The second-order valence-corrected chi connectivity index (χ2v) is 9.54. The largest absolute Gasteiger partial charge is 0.342 e. The molecule has 0 aliphatic carbocycles. The van der Waals surface area contributed by atoms with E-state index in [1.807, 2.05) is 18.4 Å². The van der Waals surface area contributed by atoms with Gasteiger partial charge in [-0.05, 0) is 42.3 Å². The number of halogens is 2. The Morgan fingerprint density at radius 2 is 1.82 bits per heavy atom. The van der Waals surface area contributed by atoms with Crippen LogP contribution < -0.4 is 10.6 Å². The maximum atomic E-state index is 12.9. The minimum absolute atomic E-state index is 0.0188. The average Bonchev–Trinajstić information content (AvgIpc) is 3.20. The van der Waals surface area contributed by atoms with Gasteiger partial charge in [0.2, 0.25) is 5.91 Å². The Kier molecular flexibility index (Phi) is 9.15. The number of thioether (sulfide) groups is 1. The van der Waals surface area contributed by atoms with Gasteiger partial charge in [0.05, 0.1) is 22.4 Å². The first kappa shape index (κ1) is 25.8. The number of hydrogen-bond donors (Lipinski definition) is 2. The molecule has 0 aliphatic rings. The van der Waals surface area contributed by atoms with Crippen LogP contribution in [0.3, 0.4) is 0 Å². The lowest BCUT2D eigenvalue weighted by Crippen LogP contribution is -2.34. The molecule has 1 aromatic heterocycles. The van der Waals surface area contributed by atoms with Gasteiger partial charge in [-0.3, -0.25) is 9.59 Å². The van der Waals surface area contributed by atoms with Crippen LogP contribution in [0.1, 0.15) is 36.1 Å². The van der Waals surface area contributed by atoms with E-state index in [0.29, 0.717) is 38.8 Å². The number of benzene rings is 2. The predicted molar refractivity (Wildman–Crippen MR) is 138 cm³/mol. The Bertz CT molecular complexity index is 1160. The van der Waals surface area contributed by atoms with Crippen molar-refractivity contribution in [1.82, 2.24) is 20.1 Å². The molecular formula is C24H25Cl2N5O2S. The van der Waals surface area contributed by atoms with E-state index < -0.39 is 6.04 Å². The molecule has 0 saturated heterocycles. The standard InChI is InChI=1S/C24H25Cl2N5O2S/c1-4-13-31-22(21(15(2)3)28-23(33)18-7-5-6-8-19(18)26)29-30-24(31)34-14-20(32)27-17-11-9-16(25)10-12-17/h4-12,15,21H,1,13-14H2,2-3H3,(H,27,32)(H,28,33)/t21-/m1/s1. The molecule has 2 aromatic carbocycles. The monoisotopic (exact) mass is 517 g/mol. The van der Waals surface area contributed by atoms with Gasteiger partial charge in [-0.25, -0.2) is 0 Å². The fourth-order valence-corrected chi connectivity index (χ4v) is 4.29. The zero-order valence-electron chi connectivity index (χ0n) is 18.8. The second-order valence-electron chi connectivity index (χ2n) is 7.76. The summed E-state index contributed by atoms with van der Waals surface area (Å²) in [5.41, 5.74) is 1.04. The van der Waals surface area contributed by atoms with E-state index in [1.54, 1.807) is 54.6 Å². The maximum Gasteiger partial charge on any atom is 0.253 e. The lowest BCUT2D eigenvalue weighted by atomic mass is 10.0. The summed E-state index contributed by atoms with van der Waals surface area (Å²) in [7, 11) is 0. The Morgan fingerprint density at radius 3 is 2.47 bits per heavy atom. The van der Waals surface area contributed by atoms with Crippen LogP contribution in [0.25, 0.3) is 0 Å². The van der Waals surface area contributed by atoms with E-state index in [1.165, 1.54) is 11.8 Å². The lowest BCUT2D eigenvalue weighted by Gasteiger charge is -2.23. The molecule has 178 valence electrons. The molecule has 34 heavy (non-hydrogen) atoms. The van der Waals surface area contributed by atoms with Crippen molar-refractivity contribution >= 4 is 52.5 Å². The van der Waals surface area contributed by atoms with E-state index in [2.05, 4.69) is 27.4 Å². The quantitative estimate of drug-likeness (QED) is 0.268. The third-order valence-electron chi connectivity index (χ3n) is 4.87. The number of hydrogen-bond acceptors (Lipinski definition) is 5. The summed E-state index contributed by atoms with van der Waals surface area (Å²) < 4.78 is 1.85. The SMILES string of the molecule is C=CCn1c(SCC(=O)Nc2ccc(Cl)cc2)nnc1[C@H](NC(=O)c1ccccc1Cl)C(C)C. The van der Waals surface area contributed by atoms with Crippen LogP contribution >= 0.6 is 35.0 Å². The summed E-state index contributed by atoms with van der Waals surface area (Å²) >= 11 is 13.3. The first-order valence-corrected chi connectivity index (χ1v) is 12.3. The summed E-state index contributed by atoms with van der Waals surface area (Å²) in [6.45, 7) is 8.21. The number of allylic oxidation sites excluding steroid dienone is 1. The fraction of sp³-hybridized carbons (Fsp3) is 0.250. The van der Waals surface area contributed by atoms with Gasteiger partial charge in [0.25, 0.3) is 5.91 Å². The molecular weight excluding hydrogens is 493 g/mol. The molecule has 1 heterocycles. The van der Waals surface area contributed by atoms with Crippen molar-refractivity contribution in [3.63, 3.8) is 0 Å². The molecule has 3 rings (SSSR count). The summed E-state index contributed by atoms with van der Waals surface area (Å²) in [6.07, 6.45) is 1.72. The van der Waals surface area contributed by atoms with Gasteiger partial charge in [-0.1, -0.05) is 67.0 Å². The minimum atomic E-state index is -0.423. The highest BCUT2D eigenvalue weighted by molar-refractivity contribution is 7.99. The van der Waals surface area contributed by atoms with E-state index in [0.717, 1.165) is 0 Å². The maximum absolute atomic E-state index is 12.9. The normalized spacial score (nSPS) is 11.8. The van der Waals surface area contributed by atoms with Gasteiger partial charge in [0, 0.05) is 17.3 Å². The molecule has 2 amide bonds. The number of nitrogens with zero attached hydrogens (tertiary/aromatic N) is 3. The third kappa shape index (κ3) is 6.62. The molecule has 2 N–H and O–H groups in total. The highest BCUT2D eigenvalue weighted by Crippen LogP contribution is 2.26. The molecule has 0 unspecified atom stereocenters. The number of anilines is 1. The number of carbonyl (C=O) groups is 2. The number of carbonyl (C=O) groups excluding carboxylic acids is 2. The number of rotatable bonds is 10. The summed E-state index contributed by atoms with van der Waals surface area (Å²) in [5, 5.41) is 16.0. The van der Waals surface area contributed by atoms with E-state index in [9.17, 15) is 9.59 Å². The van der Waals surface area contributed by atoms with Crippen molar-refractivity contribution in [2.24, 2.45) is 5.92 Å². The molecule has 1 atom stereocenters. The van der Waals surface area contributed by atoms with Gasteiger partial charge in [0.1, 0.15) is 0 Å². The summed E-state index contributed by atoms with van der Waals surface area (Å²) in [6, 6.07) is 13.3. The highest BCUT2D eigenvalue weighted by Gasteiger charge is 2.27. The third-order valence-corrected chi connectivity index (χ3v) is 6.42. The Hall–Kier alpha value is -2.81. The lowest BCUT2D eigenvalue weighted by molar-refractivity contribution is -0.113. The predicted octanol–water partition coefficient (Wildman–Crippen LogP) is 5.63. The zero-order valence-corrected chi connectivity index (χ0v) is 21.1. The average molecular weight is 518 g/mol. The van der Waals surface area contributed by atoms with Crippen LogP contribution in [0.15, 0.2) is 66.3 Å². The summed E-state index contributed by atoms with van der Waals surface area (Å²) in [4.78, 5) is 25.3. The smallest absolute Gasteiger partial charge is 0.253 e. The van der Waals surface area contributed by atoms with Crippen molar-refractivity contribution in [1.29, 1.82) is 0 Å². The van der Waals surface area contributed by atoms with Gasteiger partial charge in [-0.15, -0.1) is 16.8 Å². The molecule has 0 fully saturated rings. The summed E-state index contributed by atoms with van der Waals surface area (Å²) in [5.74, 6) is 0.251. The van der Waals surface area contributed by atoms with Crippen molar-refractivity contribution in [2.45, 2.75) is 31.6 Å². The molecule has 0 saturated carbocycles. The van der Waals surface area contributed by atoms with E-state index in [-0.39, 0.29) is 23.5 Å². The Balaban J connectivity index is 1.75. The van der Waals surface area contributed by atoms with Crippen molar-refractivity contribution in [3.8, 4) is 0 Å². The zero-order chi connectivity index (χ0) is 24.7.